The van der Waals surface area contributed by atoms with Crippen molar-refractivity contribution >= 4 is 27.8 Å². The molecule has 1 aliphatic rings. The number of likely N-dealkylation sites (tertiary alicyclic amines) is 1. The number of nitrogens with one attached hydrogen (secondary N) is 1. The van der Waals surface area contributed by atoms with Crippen LogP contribution in [0.5, 0.6) is 0 Å². The molecule has 6 rings (SSSR count). The average Bonchev–Trinajstić information content (AvgIpc) is 3.47. The van der Waals surface area contributed by atoms with Gasteiger partial charge in [-0.25, -0.2) is 4.79 Å². The van der Waals surface area contributed by atoms with Crippen LogP contribution in [0.25, 0.3) is 21.9 Å². The van der Waals surface area contributed by atoms with E-state index in [4.69, 9.17) is 0 Å². The van der Waals surface area contributed by atoms with E-state index in [1.807, 2.05) is 66.3 Å². The molecule has 3 heterocycles. The zero-order valence-electron chi connectivity index (χ0n) is 22.0. The number of hydrogen-bond acceptors (Lipinski definition) is 2. The molecule has 0 bridgehead atoms. The Kier molecular flexibility index (Phi) is 6.52. The van der Waals surface area contributed by atoms with Crippen LogP contribution in [0.15, 0.2) is 83.8 Å². The highest BCUT2D eigenvalue weighted by Gasteiger charge is 2.37. The number of imidazole rings is 1. The molecule has 5 aromatic rings. The van der Waals surface area contributed by atoms with E-state index in [0.29, 0.717) is 31.5 Å². The van der Waals surface area contributed by atoms with Gasteiger partial charge in [-0.1, -0.05) is 48.5 Å². The van der Waals surface area contributed by atoms with Gasteiger partial charge >= 0.3 is 11.9 Å². The molecule has 6 nitrogen and oxygen atoms in total. The summed E-state index contributed by atoms with van der Waals surface area (Å²) in [5, 5.41) is 0.831. The molecule has 0 aliphatic carbocycles. The molecule has 1 aliphatic heterocycles. The van der Waals surface area contributed by atoms with E-state index in [2.05, 4.69) is 4.98 Å². The Bertz CT molecular complexity index is 1760. The lowest BCUT2D eigenvalue weighted by atomic mass is 9.84. The van der Waals surface area contributed by atoms with E-state index in [1.165, 1.54) is 12.1 Å². The lowest BCUT2D eigenvalue weighted by molar-refractivity contribution is -0.139. The van der Waals surface area contributed by atoms with Gasteiger partial charge in [0.05, 0.1) is 16.6 Å². The van der Waals surface area contributed by atoms with Gasteiger partial charge in [0.15, 0.2) is 0 Å². The van der Waals surface area contributed by atoms with Crippen LogP contribution in [-0.2, 0) is 18.0 Å². The largest absolute Gasteiger partial charge is 0.416 e. The third kappa shape index (κ3) is 4.59. The number of halogens is 3. The number of carbonyl (C=O) groups excluding carboxylic acids is 1. The molecule has 3 aromatic carbocycles. The minimum absolute atomic E-state index is 0.0625. The van der Waals surface area contributed by atoms with Gasteiger partial charge in [0.2, 0.25) is 5.91 Å². The van der Waals surface area contributed by atoms with Gasteiger partial charge in [0.25, 0.3) is 0 Å². The number of benzene rings is 3. The fraction of sp³-hybridized carbons (Fsp3) is 0.290. The maximum atomic E-state index is 14.1. The van der Waals surface area contributed by atoms with Crippen LogP contribution in [0.4, 0.5) is 13.2 Å². The lowest BCUT2D eigenvalue weighted by Gasteiger charge is -2.33. The predicted molar refractivity (Wildman–Crippen MR) is 148 cm³/mol. The summed E-state index contributed by atoms with van der Waals surface area (Å²) in [5.74, 6) is -0.968. The van der Waals surface area contributed by atoms with Crippen molar-refractivity contribution in [2.45, 2.75) is 37.4 Å². The number of nitrogens with zero attached hydrogens (tertiary/aromatic N) is 3. The highest BCUT2D eigenvalue weighted by atomic mass is 19.4. The molecule has 1 fully saturated rings. The van der Waals surface area contributed by atoms with Crippen LogP contribution < -0.4 is 5.69 Å². The maximum absolute atomic E-state index is 14.1. The van der Waals surface area contributed by atoms with Crippen LogP contribution in [-0.4, -0.2) is 38.0 Å². The summed E-state index contributed by atoms with van der Waals surface area (Å²) in [5.41, 5.74) is 2.39. The van der Waals surface area contributed by atoms with Crippen molar-refractivity contribution in [3.8, 4) is 0 Å². The second-order valence-corrected chi connectivity index (χ2v) is 10.5. The molecule has 9 heteroatoms. The molecule has 1 N–H and O–H groups in total. The standard InChI is InChI=1S/C31H29F3N4O2/c1-36-19-24(22-9-3-6-12-27(22)36)23(21-8-2-4-10-25(21)31(32,33)34)18-29(39)37-16-14-20(15-17-37)38-28-13-7-5-11-26(28)35-30(38)40/h2-13,19-20,23H,14-18H2,1H3,(H,35,40). The second kappa shape index (κ2) is 10.0. The second-order valence-electron chi connectivity index (χ2n) is 10.5. The van der Waals surface area contributed by atoms with Crippen molar-refractivity contribution in [1.82, 2.24) is 19.0 Å². The molecule has 40 heavy (non-hydrogen) atoms. The molecule has 0 saturated carbocycles. The molecule has 1 atom stereocenters. The monoisotopic (exact) mass is 546 g/mol. The van der Waals surface area contributed by atoms with Crippen LogP contribution in [0, 0.1) is 0 Å². The van der Waals surface area contributed by atoms with Crippen LogP contribution in [0.1, 0.15) is 47.9 Å². The first-order valence-corrected chi connectivity index (χ1v) is 13.4. The zero-order valence-corrected chi connectivity index (χ0v) is 22.0. The fourth-order valence-corrected chi connectivity index (χ4v) is 6.21. The number of H-pyrrole nitrogens is 1. The Labute approximate surface area is 228 Å². The van der Waals surface area contributed by atoms with E-state index in [1.54, 1.807) is 15.5 Å². The number of aromatic amines is 1. The number of aromatic nitrogens is 3. The minimum atomic E-state index is -4.55. The van der Waals surface area contributed by atoms with Crippen molar-refractivity contribution in [1.29, 1.82) is 0 Å². The predicted octanol–water partition coefficient (Wildman–Crippen LogP) is 6.23. The molecular formula is C31H29F3N4O2. The molecule has 0 radical (unpaired) electrons. The van der Waals surface area contributed by atoms with Crippen LogP contribution in [0.3, 0.4) is 0 Å². The quantitative estimate of drug-likeness (QED) is 0.284. The van der Waals surface area contributed by atoms with Crippen molar-refractivity contribution in [2.75, 3.05) is 13.1 Å². The molecule has 2 aromatic heterocycles. The number of fused-ring (bicyclic) bond motifs is 2. The van der Waals surface area contributed by atoms with Gasteiger partial charge < -0.3 is 14.5 Å². The summed E-state index contributed by atoms with van der Waals surface area (Å²) in [4.78, 5) is 31.0. The summed E-state index contributed by atoms with van der Waals surface area (Å²) in [6, 6.07) is 20.6. The Morgan fingerprint density at radius 3 is 2.33 bits per heavy atom. The number of rotatable bonds is 5. The van der Waals surface area contributed by atoms with Gasteiger partial charge in [-0.2, -0.15) is 13.2 Å². The summed E-state index contributed by atoms with van der Waals surface area (Å²) >= 11 is 0. The van der Waals surface area contributed by atoms with Gasteiger partial charge in [-0.3, -0.25) is 9.36 Å². The van der Waals surface area contributed by atoms with Gasteiger partial charge in [0, 0.05) is 55.6 Å². The highest BCUT2D eigenvalue weighted by molar-refractivity contribution is 5.87. The minimum Gasteiger partial charge on any atom is -0.350 e. The van der Waals surface area contributed by atoms with Crippen molar-refractivity contribution in [2.24, 2.45) is 7.05 Å². The molecule has 1 saturated heterocycles. The highest BCUT2D eigenvalue weighted by Crippen LogP contribution is 2.41. The van der Waals surface area contributed by atoms with E-state index in [0.717, 1.165) is 28.0 Å². The number of para-hydroxylation sites is 3. The van der Waals surface area contributed by atoms with E-state index >= 15 is 0 Å². The van der Waals surface area contributed by atoms with Gasteiger partial charge in [0.1, 0.15) is 0 Å². The van der Waals surface area contributed by atoms with E-state index in [-0.39, 0.29) is 29.6 Å². The first-order chi connectivity index (χ1) is 19.2. The van der Waals surface area contributed by atoms with Gasteiger partial charge in [-0.05, 0) is 48.2 Å². The summed E-state index contributed by atoms with van der Waals surface area (Å²) in [6.07, 6.45) is -1.62. The fourth-order valence-electron chi connectivity index (χ4n) is 6.21. The number of alkyl halides is 3. The average molecular weight is 547 g/mol. The molecule has 1 unspecified atom stereocenters. The third-order valence-electron chi connectivity index (χ3n) is 8.13. The summed E-state index contributed by atoms with van der Waals surface area (Å²) in [7, 11) is 1.86. The Morgan fingerprint density at radius 1 is 0.925 bits per heavy atom. The first-order valence-electron chi connectivity index (χ1n) is 13.4. The Morgan fingerprint density at radius 2 is 1.57 bits per heavy atom. The first kappa shape index (κ1) is 26.0. The van der Waals surface area contributed by atoms with Crippen LogP contribution >= 0.6 is 0 Å². The maximum Gasteiger partial charge on any atom is 0.416 e. The smallest absolute Gasteiger partial charge is 0.350 e. The van der Waals surface area contributed by atoms with E-state index < -0.39 is 17.7 Å². The van der Waals surface area contributed by atoms with Crippen LogP contribution in [0.2, 0.25) is 0 Å². The topological polar surface area (TPSA) is 63.0 Å². The van der Waals surface area contributed by atoms with E-state index in [9.17, 15) is 22.8 Å². The summed E-state index contributed by atoms with van der Waals surface area (Å²) in [6.45, 7) is 0.858. The molecule has 0 spiro atoms. The molecular weight excluding hydrogens is 517 g/mol. The van der Waals surface area contributed by atoms with Crippen molar-refractivity contribution in [3.05, 3.63) is 106 Å². The number of carbonyl (C=O) groups is 1. The zero-order chi connectivity index (χ0) is 28.0. The van der Waals surface area contributed by atoms with Crippen molar-refractivity contribution in [3.63, 3.8) is 0 Å². The third-order valence-corrected chi connectivity index (χ3v) is 8.13. The molecule has 1 amide bonds. The summed E-state index contributed by atoms with van der Waals surface area (Å²) < 4.78 is 46.0. The van der Waals surface area contributed by atoms with Gasteiger partial charge in [-0.15, -0.1) is 0 Å². The Balaban J connectivity index is 1.30. The Hall–Kier alpha value is -4.27. The number of hydrogen-bond donors (Lipinski definition) is 1. The number of amides is 1. The number of aryl methyl sites for hydroxylation is 1. The number of piperidine rings is 1. The lowest BCUT2D eigenvalue weighted by Crippen LogP contribution is -2.41. The SMILES string of the molecule is Cn1cc(C(CC(=O)N2CCC(n3c(=O)[nH]c4ccccc43)CC2)c2ccccc2C(F)(F)F)c2ccccc21. The normalized spacial score (nSPS) is 15.7. The molecule has 206 valence electrons. The van der Waals surface area contributed by atoms with Crippen molar-refractivity contribution < 1.29 is 18.0 Å².